The molecule has 0 aliphatic carbocycles. The third-order valence-electron chi connectivity index (χ3n) is 10.2. The molecular formula is C45H26N6O3. The Bertz CT molecular complexity index is 3130. The van der Waals surface area contributed by atoms with Gasteiger partial charge in [-0.05, 0) is 72.8 Å². The van der Waals surface area contributed by atoms with Crippen LogP contribution >= 0.6 is 0 Å². The molecule has 0 N–H and O–H groups in total. The van der Waals surface area contributed by atoms with Crippen molar-refractivity contribution >= 4 is 67.1 Å². The Balaban J connectivity index is 1.30. The zero-order valence-corrected chi connectivity index (χ0v) is 28.4. The molecule has 1 aliphatic heterocycles. The van der Waals surface area contributed by atoms with E-state index in [2.05, 4.69) is 32.1 Å². The zero-order chi connectivity index (χ0) is 35.3. The number of ether oxygens (including phenoxy) is 1. The van der Waals surface area contributed by atoms with Crippen molar-refractivity contribution in [2.24, 2.45) is 0 Å². The highest BCUT2D eigenvalue weighted by Gasteiger charge is 2.35. The van der Waals surface area contributed by atoms with Crippen LogP contribution in [0.2, 0.25) is 0 Å². The van der Waals surface area contributed by atoms with Crippen molar-refractivity contribution in [1.82, 2.24) is 23.9 Å². The lowest BCUT2D eigenvalue weighted by atomic mass is 10.1. The molecule has 5 heterocycles. The smallest absolute Gasteiger partial charge is 0.227 e. The average molecular weight is 699 g/mol. The molecule has 0 saturated carbocycles. The third-order valence-corrected chi connectivity index (χ3v) is 10.2. The van der Waals surface area contributed by atoms with E-state index in [-0.39, 0.29) is 0 Å². The van der Waals surface area contributed by atoms with Crippen LogP contribution in [0.1, 0.15) is 0 Å². The predicted octanol–water partition coefficient (Wildman–Crippen LogP) is 11.6. The van der Waals surface area contributed by atoms with E-state index in [9.17, 15) is 0 Å². The lowest BCUT2D eigenvalue weighted by molar-refractivity contribution is 0.477. The number of rotatable bonds is 4. The van der Waals surface area contributed by atoms with Gasteiger partial charge < -0.3 is 13.6 Å². The Morgan fingerprint density at radius 2 is 0.926 bits per heavy atom. The standard InChI is InChI=1S/C45H26N6O3/c1-3-15-27(16-4-1)43-47-37-39(49-33-23-11-13-25-35(33)52-36-26-14-12-24-34(36)49)41-38(48-44(53-41)28-17-5-2-6-18-28)40(42(37)54-43)51-32-22-10-9-21-31(32)50-30-20-8-7-19-29(30)46-45(50)51/h1-26H. The summed E-state index contributed by atoms with van der Waals surface area (Å²) in [5.74, 6) is 3.08. The van der Waals surface area contributed by atoms with Gasteiger partial charge in [-0.1, -0.05) is 84.9 Å². The van der Waals surface area contributed by atoms with Gasteiger partial charge in [-0.25, -0.2) is 15.0 Å². The van der Waals surface area contributed by atoms with Crippen molar-refractivity contribution in [2.45, 2.75) is 0 Å². The molecule has 0 amide bonds. The summed E-state index contributed by atoms with van der Waals surface area (Å²) in [5.41, 5.74) is 10.8. The minimum Gasteiger partial charge on any atom is -0.453 e. The monoisotopic (exact) mass is 698 g/mol. The minimum absolute atomic E-state index is 0.472. The van der Waals surface area contributed by atoms with Crippen molar-refractivity contribution in [2.75, 3.05) is 4.90 Å². The fourth-order valence-corrected chi connectivity index (χ4v) is 7.84. The molecule has 0 atom stereocenters. The van der Waals surface area contributed by atoms with Crippen LogP contribution in [-0.4, -0.2) is 23.9 Å². The zero-order valence-electron chi connectivity index (χ0n) is 28.4. The Morgan fingerprint density at radius 3 is 1.57 bits per heavy atom. The molecule has 4 aromatic heterocycles. The van der Waals surface area contributed by atoms with Crippen molar-refractivity contribution in [3.63, 3.8) is 0 Å². The van der Waals surface area contributed by atoms with E-state index in [0.29, 0.717) is 56.9 Å². The maximum absolute atomic E-state index is 7.00. The predicted molar refractivity (Wildman–Crippen MR) is 210 cm³/mol. The molecule has 0 saturated heterocycles. The van der Waals surface area contributed by atoms with Gasteiger partial charge in [0.2, 0.25) is 17.6 Å². The second-order valence-electron chi connectivity index (χ2n) is 13.3. The van der Waals surface area contributed by atoms with Crippen LogP contribution in [0.15, 0.2) is 167 Å². The molecule has 254 valence electrons. The number of anilines is 3. The third kappa shape index (κ3) is 4.00. The largest absolute Gasteiger partial charge is 0.453 e. The van der Waals surface area contributed by atoms with Gasteiger partial charge in [-0.2, -0.15) is 0 Å². The first kappa shape index (κ1) is 29.0. The Morgan fingerprint density at radius 1 is 0.426 bits per heavy atom. The fourth-order valence-electron chi connectivity index (χ4n) is 7.84. The molecule has 0 fully saturated rings. The molecule has 12 rings (SSSR count). The normalized spacial score (nSPS) is 12.6. The van der Waals surface area contributed by atoms with Crippen molar-refractivity contribution in [3.8, 4) is 40.1 Å². The lowest BCUT2D eigenvalue weighted by Crippen LogP contribution is -2.16. The molecule has 54 heavy (non-hydrogen) atoms. The number of aromatic nitrogens is 5. The summed E-state index contributed by atoms with van der Waals surface area (Å²) in [4.78, 5) is 18.1. The highest BCUT2D eigenvalue weighted by Crippen LogP contribution is 2.55. The van der Waals surface area contributed by atoms with E-state index in [1.165, 1.54) is 0 Å². The van der Waals surface area contributed by atoms with Gasteiger partial charge in [-0.3, -0.25) is 13.9 Å². The quantitative estimate of drug-likeness (QED) is 0.181. The second-order valence-corrected chi connectivity index (χ2v) is 13.3. The number of imidazole rings is 2. The first-order valence-electron chi connectivity index (χ1n) is 17.7. The van der Waals surface area contributed by atoms with Gasteiger partial charge in [0.15, 0.2) is 22.7 Å². The van der Waals surface area contributed by atoms with E-state index >= 15 is 0 Å². The molecule has 0 unspecified atom stereocenters. The Hall–Kier alpha value is -7.65. The number of hydrogen-bond donors (Lipinski definition) is 0. The van der Waals surface area contributed by atoms with Crippen molar-refractivity contribution in [3.05, 3.63) is 158 Å². The molecule has 0 spiro atoms. The van der Waals surface area contributed by atoms with Crippen LogP contribution in [0.4, 0.5) is 17.1 Å². The topological polar surface area (TPSA) is 86.8 Å². The SMILES string of the molecule is c1ccc(-c2nc3c(-n4c5ccccc5n5c6ccccc6nc45)c4oc(-c5ccccc5)nc4c(N4c5ccccc5Oc5ccccc54)c3o2)cc1. The molecule has 11 aromatic rings. The van der Waals surface area contributed by atoms with Gasteiger partial charge in [0, 0.05) is 11.1 Å². The van der Waals surface area contributed by atoms with Gasteiger partial charge >= 0.3 is 0 Å². The fraction of sp³-hybridized carbons (Fsp3) is 0. The molecule has 9 heteroatoms. The molecule has 0 bridgehead atoms. The van der Waals surface area contributed by atoms with E-state index in [1.54, 1.807) is 0 Å². The lowest BCUT2D eigenvalue weighted by Gasteiger charge is -2.32. The van der Waals surface area contributed by atoms with Gasteiger partial charge in [0.05, 0.1) is 33.4 Å². The van der Waals surface area contributed by atoms with Crippen LogP contribution < -0.4 is 9.64 Å². The maximum Gasteiger partial charge on any atom is 0.227 e. The number of benzene rings is 7. The molecule has 1 aliphatic rings. The molecular weight excluding hydrogens is 673 g/mol. The highest BCUT2D eigenvalue weighted by atomic mass is 16.5. The molecule has 7 aromatic carbocycles. The summed E-state index contributed by atoms with van der Waals surface area (Å²) in [7, 11) is 0. The second kappa shape index (κ2) is 10.9. The summed E-state index contributed by atoms with van der Waals surface area (Å²) < 4.78 is 24.8. The summed E-state index contributed by atoms with van der Waals surface area (Å²) in [6.45, 7) is 0. The maximum atomic E-state index is 7.00. The summed E-state index contributed by atoms with van der Waals surface area (Å²) >= 11 is 0. The van der Waals surface area contributed by atoms with E-state index < -0.39 is 0 Å². The van der Waals surface area contributed by atoms with Crippen LogP contribution in [0.25, 0.3) is 78.6 Å². The molecule has 9 nitrogen and oxygen atoms in total. The van der Waals surface area contributed by atoms with Crippen LogP contribution in [0.5, 0.6) is 11.5 Å². The highest BCUT2D eigenvalue weighted by molar-refractivity contribution is 6.16. The number of oxazole rings is 2. The number of nitrogens with zero attached hydrogens (tertiary/aromatic N) is 6. The van der Waals surface area contributed by atoms with Crippen LogP contribution in [0, 0.1) is 0 Å². The van der Waals surface area contributed by atoms with Crippen LogP contribution in [-0.2, 0) is 0 Å². The average Bonchev–Trinajstić information content (AvgIpc) is 4.02. The van der Waals surface area contributed by atoms with E-state index in [0.717, 1.165) is 50.3 Å². The van der Waals surface area contributed by atoms with E-state index in [4.69, 9.17) is 28.5 Å². The first-order chi connectivity index (χ1) is 26.8. The Kier molecular flexibility index (Phi) is 5.86. The molecule has 0 radical (unpaired) electrons. The van der Waals surface area contributed by atoms with Crippen LogP contribution in [0.3, 0.4) is 0 Å². The van der Waals surface area contributed by atoms with Gasteiger partial charge in [0.25, 0.3) is 0 Å². The van der Waals surface area contributed by atoms with Crippen molar-refractivity contribution < 1.29 is 13.6 Å². The summed E-state index contributed by atoms with van der Waals surface area (Å²) in [5, 5.41) is 0. The Labute approximate surface area is 306 Å². The minimum atomic E-state index is 0.472. The van der Waals surface area contributed by atoms with Crippen molar-refractivity contribution in [1.29, 1.82) is 0 Å². The van der Waals surface area contributed by atoms with Gasteiger partial charge in [0.1, 0.15) is 22.4 Å². The number of fused-ring (bicyclic) bond motifs is 9. The summed E-state index contributed by atoms with van der Waals surface area (Å²) in [6.07, 6.45) is 0. The number of hydrogen-bond acceptors (Lipinski definition) is 7. The number of para-hydroxylation sites is 8. The first-order valence-corrected chi connectivity index (χ1v) is 17.7. The van der Waals surface area contributed by atoms with Gasteiger partial charge in [-0.15, -0.1) is 0 Å². The van der Waals surface area contributed by atoms with E-state index in [1.807, 2.05) is 140 Å². The summed E-state index contributed by atoms with van der Waals surface area (Å²) in [6, 6.07) is 52.4.